The van der Waals surface area contributed by atoms with Crippen LogP contribution in [0.15, 0.2) is 36.7 Å². The van der Waals surface area contributed by atoms with E-state index in [1.807, 2.05) is 23.4 Å². The summed E-state index contributed by atoms with van der Waals surface area (Å²) in [7, 11) is -0.934. The molecule has 2 aliphatic heterocycles. The predicted octanol–water partition coefficient (Wildman–Crippen LogP) is 1.59. The third-order valence-corrected chi connectivity index (χ3v) is 7.78. The highest BCUT2D eigenvalue weighted by Gasteiger charge is 2.29. The summed E-state index contributed by atoms with van der Waals surface area (Å²) in [5.41, 5.74) is 3.57. The number of piperazine rings is 1. The molecule has 0 radical (unpaired) electrons. The molecule has 1 aromatic carbocycles. The molecule has 182 valence electrons. The van der Waals surface area contributed by atoms with Crippen LogP contribution in [0, 0.1) is 17.2 Å². The molecule has 2 aromatic heterocycles. The zero-order valence-electron chi connectivity index (χ0n) is 19.7. The fourth-order valence-electron chi connectivity index (χ4n) is 4.56. The first-order valence-electron chi connectivity index (χ1n) is 11.6. The van der Waals surface area contributed by atoms with E-state index in [1.165, 1.54) is 6.20 Å². The minimum atomic E-state index is -0.934. The van der Waals surface area contributed by atoms with Gasteiger partial charge in [0, 0.05) is 62.6 Å². The van der Waals surface area contributed by atoms with Crippen LogP contribution < -0.4 is 15.0 Å². The van der Waals surface area contributed by atoms with Crippen molar-refractivity contribution in [2.75, 3.05) is 43.9 Å². The lowest BCUT2D eigenvalue weighted by Crippen LogP contribution is -2.46. The Balaban J connectivity index is 1.41. The van der Waals surface area contributed by atoms with Gasteiger partial charge in [0.15, 0.2) is 0 Å². The number of nitrogens with zero attached hydrogens (tertiary/aromatic N) is 6. The molecule has 11 heteroatoms. The Labute approximate surface area is 206 Å². The van der Waals surface area contributed by atoms with Crippen LogP contribution in [0.4, 0.5) is 5.69 Å². The van der Waals surface area contributed by atoms with Gasteiger partial charge < -0.3 is 15.0 Å². The van der Waals surface area contributed by atoms with Gasteiger partial charge in [-0.05, 0) is 19.1 Å². The average Bonchev–Trinajstić information content (AvgIpc) is 3.50. The van der Waals surface area contributed by atoms with Gasteiger partial charge in [0.05, 0.1) is 29.1 Å². The second-order valence-corrected chi connectivity index (χ2v) is 10.2. The molecular formula is C24H27N7O3S. The van der Waals surface area contributed by atoms with Crippen molar-refractivity contribution in [3.63, 3.8) is 0 Å². The van der Waals surface area contributed by atoms with E-state index in [1.54, 1.807) is 17.0 Å². The van der Waals surface area contributed by atoms with E-state index in [0.717, 1.165) is 37.4 Å². The summed E-state index contributed by atoms with van der Waals surface area (Å²) in [6.07, 6.45) is 5.16. The van der Waals surface area contributed by atoms with Crippen molar-refractivity contribution in [2.45, 2.75) is 19.4 Å². The summed E-state index contributed by atoms with van der Waals surface area (Å²) in [4.78, 5) is 18.7. The molecule has 2 saturated heterocycles. The van der Waals surface area contributed by atoms with Crippen molar-refractivity contribution in [2.24, 2.45) is 5.92 Å². The van der Waals surface area contributed by atoms with Gasteiger partial charge in [-0.2, -0.15) is 10.4 Å². The largest absolute Gasteiger partial charge is 0.473 e. The molecule has 5 rings (SSSR count). The van der Waals surface area contributed by atoms with Crippen molar-refractivity contribution in [3.05, 3.63) is 42.2 Å². The number of hydrogen-bond acceptors (Lipinski definition) is 7. The third-order valence-electron chi connectivity index (χ3n) is 6.69. The van der Waals surface area contributed by atoms with E-state index in [4.69, 9.17) is 9.72 Å². The fourth-order valence-corrected chi connectivity index (χ4v) is 5.24. The number of aromatic nitrogens is 3. The second-order valence-electron chi connectivity index (χ2n) is 8.87. The lowest BCUT2D eigenvalue weighted by Gasteiger charge is -2.34. The SMILES string of the molecule is C[C@@H](Oc1nc(-c2ccc(N3CCN(S(C)=O)CC3)cc2)cn2ncc(C#N)c12)[C@H]1CNC(=O)C1. The van der Waals surface area contributed by atoms with Gasteiger partial charge in [-0.1, -0.05) is 12.1 Å². The molecule has 10 nitrogen and oxygen atoms in total. The van der Waals surface area contributed by atoms with Crippen LogP contribution in [0.3, 0.4) is 0 Å². The maximum atomic E-state index is 11.7. The van der Waals surface area contributed by atoms with Crippen molar-refractivity contribution >= 4 is 28.1 Å². The normalized spacial score (nSPS) is 20.4. The monoisotopic (exact) mass is 493 g/mol. The molecular weight excluding hydrogens is 466 g/mol. The van der Waals surface area contributed by atoms with E-state index in [-0.39, 0.29) is 17.9 Å². The summed E-state index contributed by atoms with van der Waals surface area (Å²) >= 11 is 0. The highest BCUT2D eigenvalue weighted by molar-refractivity contribution is 7.81. The molecule has 0 saturated carbocycles. The lowest BCUT2D eigenvalue weighted by atomic mass is 10.0. The van der Waals surface area contributed by atoms with Crippen LogP contribution in [-0.4, -0.2) is 74.1 Å². The molecule has 2 aliphatic rings. The van der Waals surface area contributed by atoms with Crippen LogP contribution in [0.1, 0.15) is 18.9 Å². The maximum Gasteiger partial charge on any atom is 0.242 e. The number of rotatable bonds is 6. The van der Waals surface area contributed by atoms with E-state index in [2.05, 4.69) is 33.5 Å². The first kappa shape index (κ1) is 23.3. The Morgan fingerprint density at radius 3 is 2.60 bits per heavy atom. The minimum Gasteiger partial charge on any atom is -0.473 e. The number of carbonyl (C=O) groups is 1. The molecule has 1 amide bonds. The van der Waals surface area contributed by atoms with Gasteiger partial charge in [0.2, 0.25) is 11.8 Å². The number of carbonyl (C=O) groups excluding carboxylic acids is 1. The number of fused-ring (bicyclic) bond motifs is 1. The number of ether oxygens (including phenoxy) is 1. The molecule has 35 heavy (non-hydrogen) atoms. The van der Waals surface area contributed by atoms with Crippen molar-refractivity contribution in [1.29, 1.82) is 5.26 Å². The molecule has 0 aliphatic carbocycles. The standard InChI is InChI=1S/C24H27N7O3S/c1-16(18-11-22(32)26-13-18)34-24-23-19(12-25)14-27-31(23)15-21(28-24)17-3-5-20(6-4-17)29-7-9-30(10-8-29)35(2)33/h3-6,14-16,18H,7-11,13H2,1-2H3,(H,26,32)/t16-,18-,35?/m1/s1. The highest BCUT2D eigenvalue weighted by Crippen LogP contribution is 2.30. The molecule has 1 N–H and O–H groups in total. The van der Waals surface area contributed by atoms with Gasteiger partial charge in [-0.3, -0.25) is 4.79 Å². The number of anilines is 1. The molecule has 0 spiro atoms. The summed E-state index contributed by atoms with van der Waals surface area (Å²) in [6.45, 7) is 5.66. The predicted molar refractivity (Wildman–Crippen MR) is 132 cm³/mol. The number of nitrogens with one attached hydrogen (secondary N) is 1. The molecule has 3 aromatic rings. The fraction of sp³-hybridized carbons (Fsp3) is 0.417. The Kier molecular flexibility index (Phi) is 6.40. The summed E-state index contributed by atoms with van der Waals surface area (Å²) in [5.74, 6) is 0.381. The van der Waals surface area contributed by atoms with Crippen molar-refractivity contribution in [3.8, 4) is 23.2 Å². The minimum absolute atomic E-state index is 0.0174. The molecule has 2 fully saturated rings. The topological polar surface area (TPSA) is 116 Å². The van der Waals surface area contributed by atoms with Crippen LogP contribution in [-0.2, 0) is 15.8 Å². The quantitative estimate of drug-likeness (QED) is 0.554. The number of amides is 1. The van der Waals surface area contributed by atoms with Crippen LogP contribution in [0.2, 0.25) is 0 Å². The third kappa shape index (κ3) is 4.72. The van der Waals surface area contributed by atoms with E-state index >= 15 is 0 Å². The maximum absolute atomic E-state index is 11.7. The molecule has 1 unspecified atom stereocenters. The van der Waals surface area contributed by atoms with Gasteiger partial charge in [0.25, 0.3) is 0 Å². The Morgan fingerprint density at radius 1 is 1.23 bits per heavy atom. The van der Waals surface area contributed by atoms with Gasteiger partial charge in [-0.25, -0.2) is 18.0 Å². The smallest absolute Gasteiger partial charge is 0.242 e. The molecule has 4 heterocycles. The van der Waals surface area contributed by atoms with Crippen LogP contribution >= 0.6 is 0 Å². The molecule has 3 atom stereocenters. The first-order valence-corrected chi connectivity index (χ1v) is 13.1. The van der Waals surface area contributed by atoms with Gasteiger partial charge in [-0.15, -0.1) is 0 Å². The Bertz CT molecular complexity index is 1310. The average molecular weight is 494 g/mol. The number of nitriles is 1. The molecule has 0 bridgehead atoms. The van der Waals surface area contributed by atoms with Crippen molar-refractivity contribution < 1.29 is 13.7 Å². The van der Waals surface area contributed by atoms with E-state index < -0.39 is 11.0 Å². The lowest BCUT2D eigenvalue weighted by molar-refractivity contribution is -0.119. The zero-order chi connectivity index (χ0) is 24.5. The summed E-state index contributed by atoms with van der Waals surface area (Å²) < 4.78 is 21.5. The van der Waals surface area contributed by atoms with Crippen LogP contribution in [0.5, 0.6) is 5.88 Å². The van der Waals surface area contributed by atoms with E-state index in [0.29, 0.717) is 35.6 Å². The van der Waals surface area contributed by atoms with Crippen molar-refractivity contribution in [1.82, 2.24) is 24.2 Å². The van der Waals surface area contributed by atoms with Gasteiger partial charge in [0.1, 0.15) is 23.3 Å². The van der Waals surface area contributed by atoms with E-state index in [9.17, 15) is 14.3 Å². The Hall–Kier alpha value is -3.49. The highest BCUT2D eigenvalue weighted by atomic mass is 32.2. The summed E-state index contributed by atoms with van der Waals surface area (Å²) in [5, 5.41) is 16.7. The number of hydrogen-bond donors (Lipinski definition) is 1. The first-order chi connectivity index (χ1) is 16.9. The second kappa shape index (κ2) is 9.64. The summed E-state index contributed by atoms with van der Waals surface area (Å²) in [6, 6.07) is 10.3. The Morgan fingerprint density at radius 2 is 1.97 bits per heavy atom. The zero-order valence-corrected chi connectivity index (χ0v) is 20.5. The van der Waals surface area contributed by atoms with Gasteiger partial charge >= 0.3 is 0 Å². The number of benzene rings is 1. The van der Waals surface area contributed by atoms with Crippen LogP contribution in [0.25, 0.3) is 16.8 Å².